The summed E-state index contributed by atoms with van der Waals surface area (Å²) in [5, 5.41) is 36.9. The second-order valence-corrected chi connectivity index (χ2v) is 77.3. The number of aldehydes is 1. The van der Waals surface area contributed by atoms with E-state index < -0.39 is 58.5 Å². The van der Waals surface area contributed by atoms with E-state index in [4.69, 9.17) is 110 Å². The van der Waals surface area contributed by atoms with Gasteiger partial charge in [0.05, 0.1) is 36.6 Å². The molecule has 1 radical (unpaired) electrons. The van der Waals surface area contributed by atoms with Gasteiger partial charge in [-0.25, -0.2) is 24.0 Å². The average Bonchev–Trinajstić information content (AvgIpc) is 0.879. The molecule has 5 amide bonds. The van der Waals surface area contributed by atoms with E-state index in [1.165, 1.54) is 6.07 Å². The Morgan fingerprint density at radius 3 is 1.08 bits per heavy atom. The number of ether oxygens (including phenoxy) is 5. The average molecular weight is 2660 g/mol. The van der Waals surface area contributed by atoms with E-state index >= 15 is 0 Å². The number of hydrogen-bond donors (Lipinski definition) is 7. The van der Waals surface area contributed by atoms with Crippen LogP contribution in [0, 0.1) is 29.6 Å². The van der Waals surface area contributed by atoms with Crippen LogP contribution in [0.5, 0.6) is 0 Å². The zero-order valence-electron chi connectivity index (χ0n) is 69.4. The number of benzene rings is 6. The van der Waals surface area contributed by atoms with Crippen molar-refractivity contribution in [3.8, 4) is 12.1 Å². The second-order valence-electron chi connectivity index (χ2n) is 27.5. The first-order chi connectivity index (χ1) is 53.8. The third kappa shape index (κ3) is 74.5. The summed E-state index contributed by atoms with van der Waals surface area (Å²) < 4.78 is 25.8. The Morgan fingerprint density at radius 2 is 0.754 bits per heavy atom. The minimum Gasteiger partial charge on any atom is 0 e. The molecule has 0 saturated carbocycles. The number of amides is 5. The minimum absolute atomic E-state index is 0. The molecule has 0 saturated heterocycles. The van der Waals surface area contributed by atoms with Gasteiger partial charge in [0.2, 0.25) is 0 Å². The molecule has 0 fully saturated rings. The van der Waals surface area contributed by atoms with Crippen molar-refractivity contribution in [2.75, 3.05) is 83.5 Å². The maximum absolute atomic E-state index is 11.8. The molecule has 0 atom stereocenters. The Bertz CT molecular complexity index is 3980. The van der Waals surface area contributed by atoms with Crippen LogP contribution in [0.3, 0.4) is 0 Å². The van der Waals surface area contributed by atoms with Crippen LogP contribution < -0.4 is 37.6 Å². The number of nitrogen functional groups attached to an aromatic ring is 1. The smallest absolute Gasteiger partial charge is 0 e. The zero-order valence-corrected chi connectivity index (χ0v) is 93.3. The van der Waals surface area contributed by atoms with Gasteiger partial charge in [-0.1, -0.05) is 122 Å². The number of carbonyl (C=O) groups is 6. The fourth-order valence-corrected chi connectivity index (χ4v) is 8.80. The van der Waals surface area contributed by atoms with Crippen molar-refractivity contribution in [2.45, 2.75) is 166 Å². The predicted octanol–water partition coefficient (Wildman–Crippen LogP) is 27.8. The van der Waals surface area contributed by atoms with E-state index in [-0.39, 0.29) is 30.9 Å². The normalized spacial score (nSPS) is 10.2. The maximum Gasteiger partial charge on any atom is 0 e. The van der Waals surface area contributed by atoms with Gasteiger partial charge in [0.1, 0.15) is 28.0 Å². The fraction of sp³-hybridized carbons (Fsp3) is 0.418. The third-order valence-corrected chi connectivity index (χ3v) is 13.1. The Balaban J connectivity index is -0.000000243. The topological polar surface area (TPSA) is 313 Å². The Kier molecular flexibility index (Phi) is 79.3. The van der Waals surface area contributed by atoms with Gasteiger partial charge in [0.25, 0.3) is 0 Å². The molecule has 6 rings (SSSR count). The van der Waals surface area contributed by atoms with Crippen LogP contribution in [-0.4, -0.2) is 132 Å². The van der Waals surface area contributed by atoms with Crippen LogP contribution in [0.25, 0.3) is 0 Å². The van der Waals surface area contributed by atoms with Gasteiger partial charge >= 0.3 is 145 Å². The molecule has 6 aromatic rings. The molecule has 0 aliphatic carbocycles. The number of nitrogens with two attached hydrogens (primary N) is 1. The molecule has 0 bridgehead atoms. The molecule has 0 spiro atoms. The van der Waals surface area contributed by atoms with Crippen molar-refractivity contribution >= 4 is 292 Å². The number of nitriles is 2. The summed E-state index contributed by atoms with van der Waals surface area (Å²) in [6.07, 6.45) is -0.323. The van der Waals surface area contributed by atoms with E-state index in [9.17, 15) is 28.8 Å². The summed E-state index contributed by atoms with van der Waals surface area (Å²) >= 11 is 51.5. The summed E-state index contributed by atoms with van der Waals surface area (Å²) in [6.45, 7) is 34.4. The van der Waals surface area contributed by atoms with Crippen LogP contribution >= 0.6 is 215 Å². The molecule has 0 aliphatic heterocycles. The summed E-state index contributed by atoms with van der Waals surface area (Å²) in [6, 6.07) is 36.6. The van der Waals surface area contributed by atoms with Crippen molar-refractivity contribution in [1.29, 1.82) is 10.5 Å². The first-order valence-corrected chi connectivity index (χ1v) is 63.2. The van der Waals surface area contributed by atoms with Crippen LogP contribution in [0.4, 0.5) is 58.1 Å². The molecule has 0 aromatic heterocycles. The van der Waals surface area contributed by atoms with E-state index in [0.29, 0.717) is 118 Å². The van der Waals surface area contributed by atoms with Crippen molar-refractivity contribution in [3.05, 3.63) is 180 Å². The molecular weight excluding hydrogens is 2550 g/mol. The van der Waals surface area contributed by atoms with Crippen LogP contribution in [0.15, 0.2) is 120 Å². The molecule has 118 heavy (non-hydrogen) atoms. The molecule has 6 aromatic carbocycles. The monoisotopic (exact) mass is 2650 g/mol. The SMILES string of the molecule is C.CC(C)(C)OC(=O)Nc1ccc(Cl)cc1.CC(C)(C)OC(=O)Nc1ccc(Cl)cc1C=O.CI.CI.CN(CC#N)Cc1cc(Cl)ccc1N.CN(CC#N)Cc1cc(Cl)ccc1NC(=O)OC(C)(C)C.CN=Cc1cc(Cl)ccc1NC(=O)OC(C)(C)C.CNCc1cc(Cl)ccc1NC(=O)OC(C)(C)C.[CH2-]C.[I][V]([I])[I].[I][V][I].[V]. The van der Waals surface area contributed by atoms with Crippen LogP contribution in [0.1, 0.15) is 151 Å². The molecule has 23 nitrogen and oxygen atoms in total. The molecule has 0 heterocycles. The molecule has 8 N–H and O–H groups in total. The van der Waals surface area contributed by atoms with Gasteiger partial charge in [0.15, 0.2) is 6.29 Å². The number of carbonyl (C=O) groups excluding carboxylic acids is 6. The molecule has 660 valence electrons. The van der Waals surface area contributed by atoms with Gasteiger partial charge in [0, 0.05) is 115 Å². The van der Waals surface area contributed by atoms with Crippen molar-refractivity contribution in [3.63, 3.8) is 0 Å². The molecule has 0 aliphatic rings. The maximum atomic E-state index is 11.8. The van der Waals surface area contributed by atoms with E-state index in [0.717, 1.165) is 22.3 Å². The number of nitrogens with one attached hydrogen (secondary N) is 6. The number of rotatable bonds is 15. The molecule has 0 unspecified atom stereocenters. The Morgan fingerprint density at radius 1 is 0.492 bits per heavy atom. The number of anilines is 6. The van der Waals surface area contributed by atoms with E-state index in [1.807, 2.05) is 115 Å². The van der Waals surface area contributed by atoms with Gasteiger partial charge in [-0.15, -0.1) is 0 Å². The largest absolute Gasteiger partial charge is 0 e. The summed E-state index contributed by atoms with van der Waals surface area (Å²) in [5.41, 5.74) is 10.5. The van der Waals surface area contributed by atoms with Crippen LogP contribution in [-0.2, 0) is 76.3 Å². The number of hydrogen-bond acceptors (Lipinski definition) is 18. The number of nitrogens with zero attached hydrogens (tertiary/aromatic N) is 5. The van der Waals surface area contributed by atoms with Gasteiger partial charge in [-0.3, -0.25) is 46.2 Å². The number of aliphatic imine (C=N–C) groups is 1. The zero-order chi connectivity index (χ0) is 90.9. The van der Waals surface area contributed by atoms with Crippen LogP contribution in [0.2, 0.25) is 30.1 Å². The first-order valence-electron chi connectivity index (χ1n) is 34.1. The Labute approximate surface area is 837 Å². The molecular formula is C79H111Cl6I7N12O11V3-. The van der Waals surface area contributed by atoms with Gasteiger partial charge < -0.3 is 41.7 Å². The molecule has 39 heteroatoms. The number of halogens is 13. The minimum atomic E-state index is -0.608. The number of alkyl halides is 2. The van der Waals surface area contributed by atoms with Crippen molar-refractivity contribution < 1.29 is 85.4 Å². The fourth-order valence-electron chi connectivity index (χ4n) is 7.73. The van der Waals surface area contributed by atoms with Crippen molar-refractivity contribution in [2.24, 2.45) is 4.99 Å². The first kappa shape index (κ1) is 129. The third-order valence-electron chi connectivity index (χ3n) is 11.6. The summed E-state index contributed by atoms with van der Waals surface area (Å²) in [5.74, 6) is 0. The summed E-state index contributed by atoms with van der Waals surface area (Å²) in [7, 11) is 7.80. The van der Waals surface area contributed by atoms with E-state index in [1.54, 1.807) is 159 Å². The van der Waals surface area contributed by atoms with E-state index in [2.05, 4.69) is 201 Å². The standard InChI is InChI=1S/C15H20ClN3O2.C13H19ClN2O2.C13H17ClN2O2.C12H14ClNO3.C11H14ClNO2.C10H12ClN3.C2H5.2CH3I.CH4.5HI.3V/c1-15(2,3)21-14(20)18-13-6-5-12(16)9-11(13)10-19(4)8-7-17;2*1-13(2,3)18-12(17)16-11-6-5-10(14)7-9(11)8-15-4;1-12(2,3)17-11(16)14-10-5-4-9(13)6-8(10)7-15;1-11(2,3)15-10(14)13-9-6-4-8(12)5-7-9;1-14(5-4-12)7-8-6-9(11)2-3-10(8)13;3*1-2;;;;;;;;;/h5-6,9H,8,10H2,1-4H3,(H,18,20);5-7,15H,8H2,1-4H3,(H,16,17);5-8H,1-4H3,(H,16,17);4-7H,1-3H3,(H,14,16);4-7H,1-3H3,(H,13,14);2-3,6H,5,7,13H2,1H3;1H2,2H3;2*1H3;1H4;5*1H;;;/q;;;;;;-1;;;;;;;;;;+2;+3/p-5. The van der Waals surface area contributed by atoms with Gasteiger partial charge in [-0.2, -0.15) is 17.4 Å². The summed E-state index contributed by atoms with van der Waals surface area (Å²) in [4.78, 5) is 80.1. The second kappa shape index (κ2) is 72.3. The quantitative estimate of drug-likeness (QED) is 0.00734. The Hall–Kier alpha value is -1.73. The predicted molar refractivity (Wildman–Crippen MR) is 546 cm³/mol. The van der Waals surface area contributed by atoms with Gasteiger partial charge in [-0.05, 0) is 267 Å². The van der Waals surface area contributed by atoms with Crippen molar-refractivity contribution in [1.82, 2.24) is 15.1 Å².